The van der Waals surface area contributed by atoms with Crippen molar-refractivity contribution in [1.29, 1.82) is 0 Å². The Balaban J connectivity index is 1.88. The fourth-order valence-corrected chi connectivity index (χ4v) is 2.26. The molecule has 1 aromatic carbocycles. The summed E-state index contributed by atoms with van der Waals surface area (Å²) in [6, 6.07) is 7.03. The molecule has 0 saturated carbocycles. The highest BCUT2D eigenvalue weighted by atomic mass is 16.2. The number of hydrogen-bond acceptors (Lipinski definition) is 2. The molecule has 0 saturated heterocycles. The number of unbranched alkanes of at least 4 members (excludes halogenated alkanes) is 2. The van der Waals surface area contributed by atoms with E-state index < -0.39 is 0 Å². The quantitative estimate of drug-likeness (QED) is 0.445. The van der Waals surface area contributed by atoms with Gasteiger partial charge in [-0.15, -0.1) is 0 Å². The van der Waals surface area contributed by atoms with Gasteiger partial charge in [0.2, 0.25) is 0 Å². The van der Waals surface area contributed by atoms with Crippen LogP contribution in [-0.4, -0.2) is 23.3 Å². The van der Waals surface area contributed by atoms with Crippen molar-refractivity contribution in [2.45, 2.75) is 32.6 Å². The van der Waals surface area contributed by atoms with Gasteiger partial charge >= 0.3 is 0 Å². The molecule has 3 heteroatoms. The first-order valence-corrected chi connectivity index (χ1v) is 6.86. The lowest BCUT2D eigenvalue weighted by Gasteiger charge is -2.12. The number of fused-ring (bicyclic) bond motifs is 1. The van der Waals surface area contributed by atoms with Crippen LogP contribution in [0, 0.1) is 0 Å². The normalized spacial score (nSPS) is 14.5. The van der Waals surface area contributed by atoms with Crippen LogP contribution in [-0.2, 0) is 0 Å². The third-order valence-corrected chi connectivity index (χ3v) is 3.28. The van der Waals surface area contributed by atoms with Gasteiger partial charge in [0.25, 0.3) is 11.8 Å². The van der Waals surface area contributed by atoms with Crippen LogP contribution in [0.25, 0.3) is 0 Å². The van der Waals surface area contributed by atoms with Crippen molar-refractivity contribution >= 4 is 11.8 Å². The SMILES string of the molecule is CC/C=C\CCCCN1C(=O)c2ccccc2C1=O. The number of hydrogen-bond donors (Lipinski definition) is 0. The molecule has 3 nitrogen and oxygen atoms in total. The van der Waals surface area contributed by atoms with E-state index in [1.807, 2.05) is 0 Å². The van der Waals surface area contributed by atoms with Crippen LogP contribution < -0.4 is 0 Å². The van der Waals surface area contributed by atoms with Gasteiger partial charge < -0.3 is 0 Å². The fourth-order valence-electron chi connectivity index (χ4n) is 2.26. The summed E-state index contributed by atoms with van der Waals surface area (Å²) >= 11 is 0. The predicted octanol–water partition coefficient (Wildman–Crippen LogP) is 3.42. The highest BCUT2D eigenvalue weighted by Gasteiger charge is 2.34. The van der Waals surface area contributed by atoms with Crippen molar-refractivity contribution in [2.24, 2.45) is 0 Å². The molecule has 0 radical (unpaired) electrons. The van der Waals surface area contributed by atoms with E-state index in [4.69, 9.17) is 0 Å². The number of benzene rings is 1. The molecule has 19 heavy (non-hydrogen) atoms. The van der Waals surface area contributed by atoms with Crippen LogP contribution in [0.4, 0.5) is 0 Å². The van der Waals surface area contributed by atoms with Crippen molar-refractivity contribution in [3.63, 3.8) is 0 Å². The van der Waals surface area contributed by atoms with E-state index in [0.717, 1.165) is 25.7 Å². The molecule has 100 valence electrons. The Labute approximate surface area is 113 Å². The van der Waals surface area contributed by atoms with E-state index in [2.05, 4.69) is 19.1 Å². The molecule has 2 amide bonds. The molecular formula is C16H19NO2. The van der Waals surface area contributed by atoms with Crippen LogP contribution in [0.3, 0.4) is 0 Å². The topological polar surface area (TPSA) is 37.4 Å². The standard InChI is InChI=1S/C16H19NO2/c1-2-3-4-5-6-9-12-17-15(18)13-10-7-8-11-14(13)16(17)19/h3-4,7-8,10-11H,2,5-6,9,12H2,1H3/b4-3-. The minimum atomic E-state index is -0.148. The van der Waals surface area contributed by atoms with Gasteiger partial charge in [0.1, 0.15) is 0 Å². The summed E-state index contributed by atoms with van der Waals surface area (Å²) in [5.74, 6) is -0.297. The lowest BCUT2D eigenvalue weighted by molar-refractivity contribution is 0.0652. The lowest BCUT2D eigenvalue weighted by atomic mass is 10.1. The van der Waals surface area contributed by atoms with Crippen molar-refractivity contribution < 1.29 is 9.59 Å². The minimum Gasteiger partial charge on any atom is -0.274 e. The van der Waals surface area contributed by atoms with Gasteiger partial charge in [0.05, 0.1) is 11.1 Å². The third-order valence-electron chi connectivity index (χ3n) is 3.28. The number of carbonyl (C=O) groups excluding carboxylic acids is 2. The van der Waals surface area contributed by atoms with Crippen LogP contribution >= 0.6 is 0 Å². The number of imide groups is 1. The first-order chi connectivity index (χ1) is 9.25. The number of nitrogens with zero attached hydrogens (tertiary/aromatic N) is 1. The molecule has 1 aliphatic rings. The van der Waals surface area contributed by atoms with Gasteiger partial charge in [-0.3, -0.25) is 14.5 Å². The van der Waals surface area contributed by atoms with Gasteiger partial charge in [-0.2, -0.15) is 0 Å². The maximum atomic E-state index is 12.1. The zero-order valence-corrected chi connectivity index (χ0v) is 11.3. The zero-order chi connectivity index (χ0) is 13.7. The summed E-state index contributed by atoms with van der Waals surface area (Å²) in [7, 11) is 0. The molecular weight excluding hydrogens is 238 g/mol. The number of carbonyl (C=O) groups is 2. The van der Waals surface area contributed by atoms with E-state index >= 15 is 0 Å². The second-order valence-corrected chi connectivity index (χ2v) is 4.68. The van der Waals surface area contributed by atoms with Crippen LogP contribution in [0.15, 0.2) is 36.4 Å². The molecule has 0 N–H and O–H groups in total. The average Bonchev–Trinajstić information content (AvgIpc) is 2.68. The van der Waals surface area contributed by atoms with Crippen molar-refractivity contribution in [3.05, 3.63) is 47.5 Å². The summed E-state index contributed by atoms with van der Waals surface area (Å²) in [4.78, 5) is 25.5. The highest BCUT2D eigenvalue weighted by molar-refractivity contribution is 6.21. The summed E-state index contributed by atoms with van der Waals surface area (Å²) in [6.45, 7) is 2.63. The van der Waals surface area contributed by atoms with Crippen molar-refractivity contribution in [2.75, 3.05) is 6.54 Å². The second-order valence-electron chi connectivity index (χ2n) is 4.68. The molecule has 0 atom stereocenters. The molecule has 0 fully saturated rings. The molecule has 1 aromatic rings. The van der Waals surface area contributed by atoms with Crippen LogP contribution in [0.1, 0.15) is 53.3 Å². The molecule has 0 aromatic heterocycles. The van der Waals surface area contributed by atoms with Crippen LogP contribution in [0.2, 0.25) is 0 Å². The Kier molecular flexibility index (Phi) is 4.50. The first-order valence-electron chi connectivity index (χ1n) is 6.86. The third kappa shape index (κ3) is 2.92. The van der Waals surface area contributed by atoms with E-state index in [0.29, 0.717) is 17.7 Å². The van der Waals surface area contributed by atoms with Crippen molar-refractivity contribution in [1.82, 2.24) is 4.90 Å². The Hall–Kier alpha value is -1.90. The van der Waals surface area contributed by atoms with Crippen molar-refractivity contribution in [3.8, 4) is 0 Å². The van der Waals surface area contributed by atoms with E-state index in [1.165, 1.54) is 4.90 Å². The number of rotatable bonds is 6. The molecule has 0 bridgehead atoms. The van der Waals surface area contributed by atoms with Crippen LogP contribution in [0.5, 0.6) is 0 Å². The lowest BCUT2D eigenvalue weighted by Crippen LogP contribution is -2.30. The highest BCUT2D eigenvalue weighted by Crippen LogP contribution is 2.22. The molecule has 2 rings (SSSR count). The predicted molar refractivity (Wildman–Crippen MR) is 75.1 cm³/mol. The largest absolute Gasteiger partial charge is 0.274 e. The molecule has 0 aliphatic carbocycles. The maximum absolute atomic E-state index is 12.1. The second kappa shape index (κ2) is 6.32. The van der Waals surface area contributed by atoms with Gasteiger partial charge in [-0.1, -0.05) is 31.2 Å². The summed E-state index contributed by atoms with van der Waals surface area (Å²) in [5, 5.41) is 0. The van der Waals surface area contributed by atoms with E-state index in [1.54, 1.807) is 24.3 Å². The molecule has 0 unspecified atom stereocenters. The molecule has 1 heterocycles. The fraction of sp³-hybridized carbons (Fsp3) is 0.375. The summed E-state index contributed by atoms with van der Waals surface area (Å²) in [5.41, 5.74) is 1.08. The van der Waals surface area contributed by atoms with E-state index in [-0.39, 0.29) is 11.8 Å². The molecule has 0 spiro atoms. The smallest absolute Gasteiger partial charge is 0.261 e. The Bertz CT molecular complexity index is 470. The Morgan fingerprint density at radius 1 is 1.00 bits per heavy atom. The first kappa shape index (κ1) is 13.5. The summed E-state index contributed by atoms with van der Waals surface area (Å²) in [6.07, 6.45) is 8.23. The van der Waals surface area contributed by atoms with Gasteiger partial charge in [0, 0.05) is 6.54 Å². The maximum Gasteiger partial charge on any atom is 0.261 e. The Morgan fingerprint density at radius 2 is 1.63 bits per heavy atom. The molecule has 1 aliphatic heterocycles. The summed E-state index contributed by atoms with van der Waals surface area (Å²) < 4.78 is 0. The van der Waals surface area contributed by atoms with Gasteiger partial charge in [-0.05, 0) is 37.8 Å². The average molecular weight is 257 g/mol. The van der Waals surface area contributed by atoms with Gasteiger partial charge in [-0.25, -0.2) is 0 Å². The van der Waals surface area contributed by atoms with E-state index in [9.17, 15) is 9.59 Å². The number of allylic oxidation sites excluding steroid dienone is 2. The van der Waals surface area contributed by atoms with Gasteiger partial charge in [0.15, 0.2) is 0 Å². The number of amides is 2. The minimum absolute atomic E-state index is 0.148. The Morgan fingerprint density at radius 3 is 2.21 bits per heavy atom. The monoisotopic (exact) mass is 257 g/mol. The zero-order valence-electron chi connectivity index (χ0n) is 11.3.